The standard InChI is InChI=1S/C22H31N3O3S/c1-3-17-13(2)4-18(29-17)21(28)25-24-20(27)12-23-19(26)11-22-8-14-5-15(9-22)7-16(6-14)10-22/h4,14-16H,3,5-12H2,1-2H3,(H,23,26)(H,24,27)(H,25,28). The number of aryl methyl sites for hydroxylation is 2. The van der Waals surface area contributed by atoms with E-state index in [-0.39, 0.29) is 23.8 Å². The summed E-state index contributed by atoms with van der Waals surface area (Å²) >= 11 is 1.44. The van der Waals surface area contributed by atoms with Gasteiger partial charge in [0.1, 0.15) is 0 Å². The van der Waals surface area contributed by atoms with Crippen LogP contribution in [-0.2, 0) is 16.0 Å². The topological polar surface area (TPSA) is 87.3 Å². The Morgan fingerprint density at radius 1 is 1.03 bits per heavy atom. The highest BCUT2D eigenvalue weighted by atomic mass is 32.1. The largest absolute Gasteiger partial charge is 0.347 e. The molecule has 3 amide bonds. The lowest BCUT2D eigenvalue weighted by atomic mass is 9.49. The molecule has 7 heteroatoms. The lowest BCUT2D eigenvalue weighted by Crippen LogP contribution is -2.49. The molecule has 0 unspecified atom stereocenters. The lowest BCUT2D eigenvalue weighted by molar-refractivity contribution is -0.132. The number of hydrazine groups is 1. The van der Waals surface area contributed by atoms with Crippen LogP contribution in [0.2, 0.25) is 0 Å². The first-order chi connectivity index (χ1) is 13.9. The summed E-state index contributed by atoms with van der Waals surface area (Å²) in [6.45, 7) is 3.91. The Kier molecular flexibility index (Phi) is 5.69. The maximum atomic E-state index is 12.5. The molecule has 0 aliphatic heterocycles. The van der Waals surface area contributed by atoms with Crippen LogP contribution in [0.1, 0.15) is 72.0 Å². The minimum atomic E-state index is -0.416. The van der Waals surface area contributed by atoms with E-state index in [2.05, 4.69) is 16.2 Å². The number of thiophene rings is 1. The summed E-state index contributed by atoms with van der Waals surface area (Å²) in [6, 6.07) is 1.83. The molecule has 0 spiro atoms. The number of carbonyl (C=O) groups is 3. The van der Waals surface area contributed by atoms with Crippen molar-refractivity contribution >= 4 is 29.1 Å². The SMILES string of the molecule is CCc1sc(C(=O)NNC(=O)CNC(=O)CC23CC4CC(CC(C4)C2)C3)cc1C. The van der Waals surface area contributed by atoms with Gasteiger partial charge in [-0.05, 0) is 86.7 Å². The van der Waals surface area contributed by atoms with Crippen LogP contribution in [0, 0.1) is 30.1 Å². The van der Waals surface area contributed by atoms with Gasteiger partial charge in [0.15, 0.2) is 0 Å². The van der Waals surface area contributed by atoms with Crippen molar-refractivity contribution in [3.63, 3.8) is 0 Å². The predicted octanol–water partition coefficient (Wildman–Crippen LogP) is 3.10. The molecular weight excluding hydrogens is 386 g/mol. The molecule has 6 nitrogen and oxygen atoms in total. The minimum absolute atomic E-state index is 0.0464. The molecule has 4 aliphatic carbocycles. The highest BCUT2D eigenvalue weighted by Gasteiger charge is 2.51. The summed E-state index contributed by atoms with van der Waals surface area (Å²) in [5.74, 6) is 1.63. The van der Waals surface area contributed by atoms with E-state index in [1.807, 2.05) is 19.9 Å². The molecule has 4 bridgehead atoms. The molecule has 4 fully saturated rings. The molecule has 158 valence electrons. The van der Waals surface area contributed by atoms with Crippen molar-refractivity contribution in [1.29, 1.82) is 0 Å². The monoisotopic (exact) mass is 417 g/mol. The van der Waals surface area contributed by atoms with Crippen LogP contribution in [0.15, 0.2) is 6.07 Å². The predicted molar refractivity (Wildman–Crippen MR) is 112 cm³/mol. The normalized spacial score (nSPS) is 29.5. The van der Waals surface area contributed by atoms with Gasteiger partial charge in [-0.2, -0.15) is 0 Å². The van der Waals surface area contributed by atoms with E-state index in [0.717, 1.165) is 29.7 Å². The first-order valence-corrected chi connectivity index (χ1v) is 11.6. The third-order valence-electron chi connectivity index (χ3n) is 7.03. The van der Waals surface area contributed by atoms with Gasteiger partial charge in [-0.25, -0.2) is 0 Å². The molecule has 3 N–H and O–H groups in total. The Morgan fingerprint density at radius 3 is 2.21 bits per heavy atom. The summed E-state index contributed by atoms with van der Waals surface area (Å²) in [5, 5.41) is 2.74. The highest BCUT2D eigenvalue weighted by Crippen LogP contribution is 2.61. The fourth-order valence-corrected chi connectivity index (χ4v) is 7.31. The van der Waals surface area contributed by atoms with Gasteiger partial charge in [0.05, 0.1) is 11.4 Å². The number of hydrogen-bond donors (Lipinski definition) is 3. The van der Waals surface area contributed by atoms with Crippen molar-refractivity contribution in [1.82, 2.24) is 16.2 Å². The molecule has 1 heterocycles. The average Bonchev–Trinajstić information content (AvgIpc) is 3.04. The average molecular weight is 418 g/mol. The number of hydrogen-bond acceptors (Lipinski definition) is 4. The fourth-order valence-electron chi connectivity index (χ4n) is 6.30. The third kappa shape index (κ3) is 4.49. The van der Waals surface area contributed by atoms with Crippen molar-refractivity contribution in [3.05, 3.63) is 21.4 Å². The Hall–Kier alpha value is -1.89. The van der Waals surface area contributed by atoms with Crippen LogP contribution >= 0.6 is 11.3 Å². The van der Waals surface area contributed by atoms with Gasteiger partial charge in [0, 0.05) is 11.3 Å². The number of amides is 3. The van der Waals surface area contributed by atoms with Crippen LogP contribution in [-0.4, -0.2) is 24.3 Å². The van der Waals surface area contributed by atoms with Crippen molar-refractivity contribution < 1.29 is 14.4 Å². The number of nitrogens with one attached hydrogen (secondary N) is 3. The van der Waals surface area contributed by atoms with Gasteiger partial charge in [-0.15, -0.1) is 11.3 Å². The smallest absolute Gasteiger partial charge is 0.279 e. The van der Waals surface area contributed by atoms with E-state index in [4.69, 9.17) is 0 Å². The summed E-state index contributed by atoms with van der Waals surface area (Å²) in [4.78, 5) is 38.4. The van der Waals surface area contributed by atoms with Crippen LogP contribution in [0.4, 0.5) is 0 Å². The van der Waals surface area contributed by atoms with Gasteiger partial charge >= 0.3 is 0 Å². The molecule has 1 aromatic rings. The van der Waals surface area contributed by atoms with Gasteiger partial charge < -0.3 is 5.32 Å². The second-order valence-corrected chi connectivity index (χ2v) is 10.6. The molecule has 4 saturated carbocycles. The summed E-state index contributed by atoms with van der Waals surface area (Å²) in [5.41, 5.74) is 6.08. The Balaban J connectivity index is 1.20. The highest BCUT2D eigenvalue weighted by molar-refractivity contribution is 7.14. The molecule has 0 saturated heterocycles. The van der Waals surface area contributed by atoms with E-state index < -0.39 is 5.91 Å². The molecule has 4 aliphatic rings. The summed E-state index contributed by atoms with van der Waals surface area (Å²) in [7, 11) is 0. The van der Waals surface area contributed by atoms with Crippen molar-refractivity contribution in [2.24, 2.45) is 23.2 Å². The quantitative estimate of drug-likeness (QED) is 0.622. The zero-order chi connectivity index (χ0) is 20.6. The molecule has 5 rings (SSSR count). The number of rotatable bonds is 6. The maximum Gasteiger partial charge on any atom is 0.279 e. The summed E-state index contributed by atoms with van der Waals surface area (Å²) in [6.07, 6.45) is 9.00. The molecule has 1 aromatic heterocycles. The van der Waals surface area contributed by atoms with Crippen LogP contribution in [0.3, 0.4) is 0 Å². The second kappa shape index (κ2) is 8.09. The van der Waals surface area contributed by atoms with E-state index in [1.54, 1.807) is 0 Å². The van der Waals surface area contributed by atoms with Gasteiger partial charge in [0.25, 0.3) is 11.8 Å². The van der Waals surface area contributed by atoms with E-state index in [9.17, 15) is 14.4 Å². The van der Waals surface area contributed by atoms with Gasteiger partial charge in [-0.3, -0.25) is 25.2 Å². The van der Waals surface area contributed by atoms with E-state index >= 15 is 0 Å². The molecular formula is C22H31N3O3S. The second-order valence-electron chi connectivity index (χ2n) is 9.44. The minimum Gasteiger partial charge on any atom is -0.347 e. The zero-order valence-electron chi connectivity index (χ0n) is 17.3. The van der Waals surface area contributed by atoms with Gasteiger partial charge in [0.2, 0.25) is 5.91 Å². The number of carbonyl (C=O) groups excluding carboxylic acids is 3. The van der Waals surface area contributed by atoms with Crippen LogP contribution in [0.25, 0.3) is 0 Å². The van der Waals surface area contributed by atoms with Crippen molar-refractivity contribution in [3.8, 4) is 0 Å². The van der Waals surface area contributed by atoms with Gasteiger partial charge in [-0.1, -0.05) is 6.92 Å². The first kappa shape index (κ1) is 20.4. The first-order valence-electron chi connectivity index (χ1n) is 10.8. The van der Waals surface area contributed by atoms with E-state index in [1.165, 1.54) is 54.7 Å². The molecule has 0 atom stereocenters. The summed E-state index contributed by atoms with van der Waals surface area (Å²) < 4.78 is 0. The third-order valence-corrected chi connectivity index (χ3v) is 8.41. The van der Waals surface area contributed by atoms with Crippen molar-refractivity contribution in [2.45, 2.75) is 65.2 Å². The van der Waals surface area contributed by atoms with Crippen molar-refractivity contribution in [2.75, 3.05) is 6.54 Å². The Bertz CT molecular complexity index is 781. The molecule has 0 radical (unpaired) electrons. The van der Waals surface area contributed by atoms with E-state index in [0.29, 0.717) is 11.3 Å². The van der Waals surface area contributed by atoms with Crippen LogP contribution in [0.5, 0.6) is 0 Å². The fraction of sp³-hybridized carbons (Fsp3) is 0.682. The Labute approximate surface area is 176 Å². The zero-order valence-corrected chi connectivity index (χ0v) is 18.1. The lowest BCUT2D eigenvalue weighted by Gasteiger charge is -2.56. The van der Waals surface area contributed by atoms with Crippen LogP contribution < -0.4 is 16.2 Å². The molecule has 0 aromatic carbocycles. The Morgan fingerprint density at radius 2 is 1.66 bits per heavy atom. The molecule has 29 heavy (non-hydrogen) atoms. The maximum absolute atomic E-state index is 12.5.